The third kappa shape index (κ3) is 6.45. The molecule has 1 aromatic carbocycles. The molecule has 1 aromatic rings. The van der Waals surface area contributed by atoms with Crippen molar-refractivity contribution in [3.63, 3.8) is 0 Å². The van der Waals surface area contributed by atoms with Crippen molar-refractivity contribution in [1.29, 1.82) is 5.26 Å². The Morgan fingerprint density at radius 2 is 2.27 bits per heavy atom. The lowest BCUT2D eigenvalue weighted by atomic mass is 10.2. The van der Waals surface area contributed by atoms with Gasteiger partial charge in [0.15, 0.2) is 0 Å². The highest BCUT2D eigenvalue weighted by atomic mass is 127. The van der Waals surface area contributed by atoms with Crippen LogP contribution in [0.2, 0.25) is 0 Å². The summed E-state index contributed by atoms with van der Waals surface area (Å²) in [6, 6.07) is 7.81. The number of benzene rings is 1. The van der Waals surface area contributed by atoms with Gasteiger partial charge in [-0.25, -0.2) is 0 Å². The third-order valence-corrected chi connectivity index (χ3v) is 3.55. The van der Waals surface area contributed by atoms with E-state index in [0.717, 1.165) is 21.2 Å². The predicted octanol–water partition coefficient (Wildman–Crippen LogP) is 2.96. The van der Waals surface area contributed by atoms with Crippen LogP contribution < -0.4 is 10.6 Å². The van der Waals surface area contributed by atoms with Crippen molar-refractivity contribution in [3.05, 3.63) is 39.1 Å². The molecule has 0 atom stereocenters. The van der Waals surface area contributed by atoms with E-state index in [1.54, 1.807) is 0 Å². The van der Waals surface area contributed by atoms with Crippen molar-refractivity contribution in [2.24, 2.45) is 0 Å². The second-order valence-electron chi connectivity index (χ2n) is 4.58. The van der Waals surface area contributed by atoms with Crippen LogP contribution in [0.15, 0.2) is 30.0 Å². The number of carbonyl (C=O) groups excluding carboxylic acids is 1. The number of nitriles is 1. The summed E-state index contributed by atoms with van der Waals surface area (Å²) in [6.07, 6.45) is 2.16. The maximum absolute atomic E-state index is 11.9. The van der Waals surface area contributed by atoms with Crippen molar-refractivity contribution in [2.75, 3.05) is 25.1 Å². The molecule has 118 valence electrons. The molecule has 0 saturated heterocycles. The molecule has 0 aromatic heterocycles. The minimum absolute atomic E-state index is 0.0503. The molecule has 2 N–H and O–H groups in total. The van der Waals surface area contributed by atoms with Crippen molar-refractivity contribution in [3.8, 4) is 6.07 Å². The number of nitrogens with zero attached hydrogens (tertiary/aromatic N) is 1. The number of amides is 1. The molecule has 0 aliphatic rings. The van der Waals surface area contributed by atoms with Gasteiger partial charge in [0.25, 0.3) is 5.91 Å². The Morgan fingerprint density at radius 1 is 1.50 bits per heavy atom. The van der Waals surface area contributed by atoms with Gasteiger partial charge in [0, 0.05) is 35.2 Å². The quantitative estimate of drug-likeness (QED) is 0.298. The number of ether oxygens (including phenoxy) is 1. The SMILES string of the molecule is CCOCCCNC(=O)/C(C#N)=C\Nc1ccc(I)cc1C. The summed E-state index contributed by atoms with van der Waals surface area (Å²) in [5.74, 6) is -0.380. The Bertz CT molecular complexity index is 579. The molecule has 0 spiro atoms. The second kappa shape index (κ2) is 10.2. The normalized spacial score (nSPS) is 10.9. The van der Waals surface area contributed by atoms with Crippen LogP contribution in [0.1, 0.15) is 18.9 Å². The first-order valence-corrected chi connectivity index (χ1v) is 8.15. The standard InChI is InChI=1S/C16H20IN3O2/c1-3-22-8-4-7-19-16(21)13(10-18)11-20-15-6-5-14(17)9-12(15)2/h5-6,9,11,20H,3-4,7-8H2,1-2H3,(H,19,21)/b13-11-. The molecule has 0 unspecified atom stereocenters. The first-order chi connectivity index (χ1) is 10.6. The zero-order chi connectivity index (χ0) is 16.4. The van der Waals surface area contributed by atoms with Gasteiger partial charge < -0.3 is 15.4 Å². The molecule has 0 radical (unpaired) electrons. The van der Waals surface area contributed by atoms with E-state index in [-0.39, 0.29) is 11.5 Å². The largest absolute Gasteiger partial charge is 0.382 e. The van der Waals surface area contributed by atoms with Gasteiger partial charge in [-0.05, 0) is 66.6 Å². The van der Waals surface area contributed by atoms with Crippen LogP contribution in [0.5, 0.6) is 0 Å². The number of hydrogen-bond donors (Lipinski definition) is 2. The van der Waals surface area contributed by atoms with Gasteiger partial charge in [0.1, 0.15) is 11.6 Å². The minimum atomic E-state index is -0.380. The molecule has 22 heavy (non-hydrogen) atoms. The van der Waals surface area contributed by atoms with Gasteiger partial charge in [0.2, 0.25) is 0 Å². The molecule has 6 heteroatoms. The Kier molecular flexibility index (Phi) is 8.55. The highest BCUT2D eigenvalue weighted by molar-refractivity contribution is 14.1. The number of carbonyl (C=O) groups is 1. The summed E-state index contributed by atoms with van der Waals surface area (Å²) in [5.41, 5.74) is 1.98. The molecule has 5 nitrogen and oxygen atoms in total. The molecule has 0 bridgehead atoms. The fraction of sp³-hybridized carbons (Fsp3) is 0.375. The van der Waals surface area contributed by atoms with Gasteiger partial charge in [-0.15, -0.1) is 0 Å². The van der Waals surface area contributed by atoms with Gasteiger partial charge >= 0.3 is 0 Å². The first kappa shape index (κ1) is 18.5. The van der Waals surface area contributed by atoms with E-state index < -0.39 is 0 Å². The highest BCUT2D eigenvalue weighted by Crippen LogP contribution is 2.17. The monoisotopic (exact) mass is 413 g/mol. The van der Waals surface area contributed by atoms with Crippen molar-refractivity contribution < 1.29 is 9.53 Å². The molecule has 1 rings (SSSR count). The Morgan fingerprint density at radius 3 is 2.91 bits per heavy atom. The van der Waals surface area contributed by atoms with E-state index in [1.165, 1.54) is 6.20 Å². The maximum atomic E-state index is 11.9. The summed E-state index contributed by atoms with van der Waals surface area (Å²) in [6.45, 7) is 5.64. The average Bonchev–Trinajstić information content (AvgIpc) is 2.49. The maximum Gasteiger partial charge on any atom is 0.263 e. The lowest BCUT2D eigenvalue weighted by Gasteiger charge is -2.07. The van der Waals surface area contributed by atoms with Crippen LogP contribution in [-0.2, 0) is 9.53 Å². The molecule has 1 amide bonds. The minimum Gasteiger partial charge on any atom is -0.382 e. The zero-order valence-electron chi connectivity index (χ0n) is 12.8. The summed E-state index contributed by atoms with van der Waals surface area (Å²) >= 11 is 2.24. The molecule has 0 saturated carbocycles. The number of nitrogens with one attached hydrogen (secondary N) is 2. The van der Waals surface area contributed by atoms with Crippen LogP contribution >= 0.6 is 22.6 Å². The number of anilines is 1. The van der Waals surface area contributed by atoms with Crippen molar-refractivity contribution in [1.82, 2.24) is 5.32 Å². The van der Waals surface area contributed by atoms with Gasteiger partial charge in [-0.2, -0.15) is 5.26 Å². The molecular formula is C16H20IN3O2. The molecule has 0 aliphatic carbocycles. The fourth-order valence-corrected chi connectivity index (χ4v) is 2.35. The van der Waals surface area contributed by atoms with Crippen LogP contribution in [0, 0.1) is 21.8 Å². The van der Waals surface area contributed by atoms with E-state index in [2.05, 4.69) is 33.2 Å². The Labute approximate surface area is 144 Å². The predicted molar refractivity (Wildman–Crippen MR) is 95.3 cm³/mol. The van der Waals surface area contributed by atoms with Gasteiger partial charge in [-0.3, -0.25) is 4.79 Å². The summed E-state index contributed by atoms with van der Waals surface area (Å²) in [4.78, 5) is 11.9. The number of rotatable bonds is 8. The average molecular weight is 413 g/mol. The second-order valence-corrected chi connectivity index (χ2v) is 5.83. The highest BCUT2D eigenvalue weighted by Gasteiger charge is 2.08. The van der Waals surface area contributed by atoms with Crippen LogP contribution in [0.4, 0.5) is 5.69 Å². The number of hydrogen-bond acceptors (Lipinski definition) is 4. The smallest absolute Gasteiger partial charge is 0.263 e. The van der Waals surface area contributed by atoms with Crippen LogP contribution in [-0.4, -0.2) is 25.7 Å². The first-order valence-electron chi connectivity index (χ1n) is 7.07. The van der Waals surface area contributed by atoms with Gasteiger partial charge in [0.05, 0.1) is 0 Å². The van der Waals surface area contributed by atoms with Gasteiger partial charge in [-0.1, -0.05) is 0 Å². The summed E-state index contributed by atoms with van der Waals surface area (Å²) < 4.78 is 6.32. The topological polar surface area (TPSA) is 74.1 Å². The van der Waals surface area contributed by atoms with E-state index in [1.807, 2.05) is 38.1 Å². The number of aryl methyl sites for hydroxylation is 1. The van der Waals surface area contributed by atoms with Crippen LogP contribution in [0.25, 0.3) is 0 Å². The Balaban J connectivity index is 2.55. The number of halogens is 1. The van der Waals surface area contributed by atoms with Crippen LogP contribution in [0.3, 0.4) is 0 Å². The summed E-state index contributed by atoms with van der Waals surface area (Å²) in [7, 11) is 0. The molecule has 0 heterocycles. The van der Waals surface area contributed by atoms with E-state index >= 15 is 0 Å². The van der Waals surface area contributed by atoms with E-state index in [9.17, 15) is 4.79 Å². The lowest BCUT2D eigenvalue weighted by molar-refractivity contribution is -0.117. The molecule has 0 fully saturated rings. The van der Waals surface area contributed by atoms with E-state index in [4.69, 9.17) is 10.00 Å². The zero-order valence-corrected chi connectivity index (χ0v) is 14.9. The molecule has 0 aliphatic heterocycles. The lowest BCUT2D eigenvalue weighted by Crippen LogP contribution is -2.26. The molecular weight excluding hydrogens is 393 g/mol. The Hall–Kier alpha value is -1.59. The summed E-state index contributed by atoms with van der Waals surface area (Å²) in [5, 5.41) is 14.8. The third-order valence-electron chi connectivity index (χ3n) is 2.88. The van der Waals surface area contributed by atoms with Crippen molar-refractivity contribution >= 4 is 34.2 Å². The fourth-order valence-electron chi connectivity index (χ4n) is 1.70. The van der Waals surface area contributed by atoms with Crippen molar-refractivity contribution in [2.45, 2.75) is 20.3 Å². The van der Waals surface area contributed by atoms with E-state index in [0.29, 0.717) is 19.8 Å².